The minimum atomic E-state index is -1.78. The first-order valence-corrected chi connectivity index (χ1v) is 15.2. The predicted octanol–water partition coefficient (Wildman–Crippen LogP) is 5.75. The molecule has 234 valence electrons. The van der Waals surface area contributed by atoms with E-state index >= 15 is 4.39 Å². The lowest BCUT2D eigenvalue weighted by Gasteiger charge is -2.34. The number of ether oxygens (including phenoxy) is 1. The lowest BCUT2D eigenvalue weighted by atomic mass is 9.95. The van der Waals surface area contributed by atoms with E-state index in [1.54, 1.807) is 6.92 Å². The smallest absolute Gasteiger partial charge is 0.319 e. The number of nitrogens with zero attached hydrogens (tertiary/aromatic N) is 6. The number of anilines is 1. The van der Waals surface area contributed by atoms with E-state index in [9.17, 15) is 13.2 Å². The maximum absolute atomic E-state index is 16.5. The lowest BCUT2D eigenvalue weighted by Crippen LogP contribution is -2.50. The molecule has 44 heavy (non-hydrogen) atoms. The molecule has 3 aliphatic heterocycles. The van der Waals surface area contributed by atoms with E-state index in [4.69, 9.17) is 4.74 Å². The molecule has 1 atom stereocenters. The van der Waals surface area contributed by atoms with Crippen molar-refractivity contribution in [2.75, 3.05) is 44.2 Å². The summed E-state index contributed by atoms with van der Waals surface area (Å²) in [6.45, 7) is 9.03. The topological polar surface area (TPSA) is 95.1 Å². The number of hydrogen-bond donors (Lipinski definition) is 2. The van der Waals surface area contributed by atoms with Gasteiger partial charge in [-0.25, -0.2) is 8.78 Å². The van der Waals surface area contributed by atoms with Crippen molar-refractivity contribution in [3.05, 3.63) is 47.8 Å². The van der Waals surface area contributed by atoms with Gasteiger partial charge in [0.15, 0.2) is 5.82 Å². The van der Waals surface area contributed by atoms with E-state index in [0.717, 1.165) is 44.8 Å². The normalized spacial score (nSPS) is 19.6. The van der Waals surface area contributed by atoms with Gasteiger partial charge in [-0.2, -0.15) is 23.8 Å². The van der Waals surface area contributed by atoms with Gasteiger partial charge in [0.2, 0.25) is 0 Å². The Morgan fingerprint density at radius 2 is 1.86 bits per heavy atom. The average molecular weight is 613 g/mol. The Morgan fingerprint density at radius 3 is 2.61 bits per heavy atom. The van der Waals surface area contributed by atoms with Gasteiger partial charge in [-0.1, -0.05) is 13.8 Å². The number of aromatic nitrogens is 5. The van der Waals surface area contributed by atoms with Gasteiger partial charge in [0.05, 0.1) is 22.6 Å². The Labute approximate surface area is 252 Å². The minimum Gasteiger partial charge on any atom is -0.461 e. The van der Waals surface area contributed by atoms with Crippen molar-refractivity contribution >= 4 is 27.6 Å². The first kappa shape index (κ1) is 30.2. The van der Waals surface area contributed by atoms with Crippen LogP contribution in [-0.4, -0.2) is 81.0 Å². The van der Waals surface area contributed by atoms with Crippen molar-refractivity contribution in [2.24, 2.45) is 0 Å². The van der Waals surface area contributed by atoms with E-state index in [-0.39, 0.29) is 40.4 Å². The zero-order chi connectivity index (χ0) is 31.0. The van der Waals surface area contributed by atoms with Gasteiger partial charge >= 0.3 is 6.01 Å². The van der Waals surface area contributed by atoms with Gasteiger partial charge in [0.25, 0.3) is 6.08 Å². The molecular formula is C31H36F4N8O. The molecule has 6 heterocycles. The summed E-state index contributed by atoms with van der Waals surface area (Å²) in [6.07, 6.45) is 6.25. The fourth-order valence-electron chi connectivity index (χ4n) is 6.86. The predicted molar refractivity (Wildman–Crippen MR) is 161 cm³/mol. The first-order chi connectivity index (χ1) is 21.3. The van der Waals surface area contributed by atoms with E-state index in [1.807, 2.05) is 18.7 Å². The van der Waals surface area contributed by atoms with Crippen molar-refractivity contribution in [3.63, 3.8) is 0 Å². The SMILES string of the molecule is CC.Cc1c(F)cc2[nH]ncc2c1-c1ncc2c(N3CCNC(C=C(F)F)C3)nc(OCC34CCCN3CCC4)nc2c1F. The molecule has 1 unspecified atom stereocenters. The van der Waals surface area contributed by atoms with Crippen LogP contribution in [0.1, 0.15) is 45.1 Å². The molecule has 13 heteroatoms. The van der Waals surface area contributed by atoms with E-state index < -0.39 is 23.8 Å². The average Bonchev–Trinajstić information content (AvgIpc) is 3.74. The number of piperazine rings is 1. The second-order valence-electron chi connectivity index (χ2n) is 11.4. The molecule has 0 aliphatic carbocycles. The van der Waals surface area contributed by atoms with Gasteiger partial charge in [0, 0.05) is 42.8 Å². The minimum absolute atomic E-state index is 0.00777. The number of pyridine rings is 1. The largest absolute Gasteiger partial charge is 0.461 e. The summed E-state index contributed by atoms with van der Waals surface area (Å²) < 4.78 is 63.8. The standard InChI is InChI=1S/C29H30F4N8O.C2H6/c1-16-20(30)11-21-18(13-36-39-21)23(16)26-24(33)25-19(12-35-26)27(40-9-6-34-17(14-40)10-22(31)32)38-28(37-25)42-15-29-4-2-7-41(29)8-3-5-29;1-2/h10-13,17,34H,2-9,14-15H2,1H3,(H,36,39);1-2H3. The summed E-state index contributed by atoms with van der Waals surface area (Å²) in [5, 5.41) is 10.6. The number of aromatic amines is 1. The van der Waals surface area contributed by atoms with Crippen LogP contribution in [0.5, 0.6) is 6.01 Å². The molecule has 3 aliphatic rings. The van der Waals surface area contributed by atoms with Crippen molar-refractivity contribution in [3.8, 4) is 17.3 Å². The molecular weight excluding hydrogens is 576 g/mol. The molecule has 0 radical (unpaired) electrons. The van der Waals surface area contributed by atoms with Crippen LogP contribution in [0.25, 0.3) is 33.1 Å². The van der Waals surface area contributed by atoms with Gasteiger partial charge < -0.3 is 15.0 Å². The van der Waals surface area contributed by atoms with Crippen LogP contribution in [0.2, 0.25) is 0 Å². The Kier molecular flexibility index (Phi) is 8.42. The van der Waals surface area contributed by atoms with Crippen LogP contribution >= 0.6 is 0 Å². The summed E-state index contributed by atoms with van der Waals surface area (Å²) in [5.74, 6) is -0.920. The van der Waals surface area contributed by atoms with Gasteiger partial charge in [-0.05, 0) is 63.4 Å². The second kappa shape index (κ2) is 12.3. The molecule has 0 saturated carbocycles. The van der Waals surface area contributed by atoms with Gasteiger partial charge in [-0.3, -0.25) is 15.0 Å². The fourth-order valence-corrected chi connectivity index (χ4v) is 6.86. The van der Waals surface area contributed by atoms with Crippen LogP contribution in [0, 0.1) is 18.6 Å². The van der Waals surface area contributed by atoms with Crippen molar-refractivity contribution in [1.82, 2.24) is 35.4 Å². The molecule has 3 fully saturated rings. The van der Waals surface area contributed by atoms with Crippen molar-refractivity contribution in [2.45, 2.75) is 58.0 Å². The molecule has 9 nitrogen and oxygen atoms in total. The Hall–Kier alpha value is -3.84. The molecule has 4 aromatic rings. The Bertz CT molecular complexity index is 1700. The molecule has 0 amide bonds. The molecule has 1 aromatic carbocycles. The summed E-state index contributed by atoms with van der Waals surface area (Å²) >= 11 is 0. The van der Waals surface area contributed by atoms with Gasteiger partial charge in [0.1, 0.15) is 29.5 Å². The first-order valence-electron chi connectivity index (χ1n) is 15.2. The van der Waals surface area contributed by atoms with Crippen molar-refractivity contribution in [1.29, 1.82) is 0 Å². The highest BCUT2D eigenvalue weighted by Crippen LogP contribution is 2.40. The quantitative estimate of drug-likeness (QED) is 0.266. The summed E-state index contributed by atoms with van der Waals surface area (Å²) in [5.41, 5.74) is 0.729. The zero-order valence-electron chi connectivity index (χ0n) is 25.1. The number of halogens is 4. The molecule has 2 N–H and O–H groups in total. The molecule has 0 spiro atoms. The molecule has 0 bridgehead atoms. The lowest BCUT2D eigenvalue weighted by molar-refractivity contribution is 0.108. The number of benzene rings is 1. The molecule has 3 saturated heterocycles. The number of nitrogens with one attached hydrogen (secondary N) is 2. The maximum Gasteiger partial charge on any atom is 0.319 e. The molecule has 7 rings (SSSR count). The Balaban J connectivity index is 0.00000168. The highest BCUT2D eigenvalue weighted by molar-refractivity contribution is 5.99. The van der Waals surface area contributed by atoms with E-state index in [0.29, 0.717) is 41.8 Å². The van der Waals surface area contributed by atoms with E-state index in [2.05, 4.69) is 35.4 Å². The van der Waals surface area contributed by atoms with Crippen LogP contribution in [-0.2, 0) is 0 Å². The number of fused-ring (bicyclic) bond motifs is 3. The van der Waals surface area contributed by atoms with E-state index in [1.165, 1.54) is 18.5 Å². The molecule has 3 aromatic heterocycles. The van der Waals surface area contributed by atoms with Gasteiger partial charge in [-0.15, -0.1) is 0 Å². The van der Waals surface area contributed by atoms with Crippen LogP contribution < -0.4 is 15.0 Å². The summed E-state index contributed by atoms with van der Waals surface area (Å²) in [7, 11) is 0. The number of H-pyrrole nitrogens is 1. The number of rotatable bonds is 6. The third-order valence-electron chi connectivity index (χ3n) is 8.94. The Morgan fingerprint density at radius 1 is 1.09 bits per heavy atom. The highest BCUT2D eigenvalue weighted by Gasteiger charge is 2.45. The summed E-state index contributed by atoms with van der Waals surface area (Å²) in [6, 6.07) is 0.703. The van der Waals surface area contributed by atoms with Crippen LogP contribution in [0.4, 0.5) is 23.4 Å². The summed E-state index contributed by atoms with van der Waals surface area (Å²) in [4.78, 5) is 17.9. The van der Waals surface area contributed by atoms with Crippen LogP contribution in [0.15, 0.2) is 30.6 Å². The monoisotopic (exact) mass is 612 g/mol. The maximum atomic E-state index is 16.5. The van der Waals surface area contributed by atoms with Crippen LogP contribution in [0.3, 0.4) is 0 Å². The number of hydrogen-bond acceptors (Lipinski definition) is 8. The third kappa shape index (κ3) is 5.36. The third-order valence-corrected chi connectivity index (χ3v) is 8.94. The second-order valence-corrected chi connectivity index (χ2v) is 11.4. The highest BCUT2D eigenvalue weighted by atomic mass is 19.3. The van der Waals surface area contributed by atoms with Crippen molar-refractivity contribution < 1.29 is 22.3 Å². The zero-order valence-corrected chi connectivity index (χ0v) is 25.1. The fraction of sp³-hybridized carbons (Fsp3) is 0.484.